The first-order valence-electron chi connectivity index (χ1n) is 4.96. The Labute approximate surface area is 97.7 Å². The van der Waals surface area contributed by atoms with Crippen molar-refractivity contribution in [3.05, 3.63) is 40.4 Å². The van der Waals surface area contributed by atoms with Crippen LogP contribution in [0.1, 0.15) is 16.8 Å². The molecule has 0 aromatic heterocycles. The average Bonchev–Trinajstić information content (AvgIpc) is 2.30. The topological polar surface area (TPSA) is 20.3 Å². The lowest BCUT2D eigenvalue weighted by atomic mass is 10.2. The molecule has 0 fully saturated rings. The Bertz CT molecular complexity index is 401. The number of hydrogen-bond acceptors (Lipinski definition) is 2. The minimum atomic E-state index is 0.700. The Balaban J connectivity index is 2.25. The van der Waals surface area contributed by atoms with E-state index in [2.05, 4.69) is 33.0 Å². The van der Waals surface area contributed by atoms with Gasteiger partial charge < -0.3 is 4.90 Å². The van der Waals surface area contributed by atoms with Crippen LogP contribution in [0.4, 0.5) is 5.69 Å². The Morgan fingerprint density at radius 2 is 2.20 bits per heavy atom. The fourth-order valence-corrected chi connectivity index (χ4v) is 2.14. The Kier molecular flexibility index (Phi) is 3.21. The lowest BCUT2D eigenvalue weighted by molar-refractivity contribution is 0.112. The number of rotatable bonds is 2. The molecule has 0 amide bonds. The molecule has 0 saturated carbocycles. The highest BCUT2D eigenvalue weighted by Crippen LogP contribution is 2.24. The molecule has 1 aromatic carbocycles. The summed E-state index contributed by atoms with van der Waals surface area (Å²) in [6.07, 6.45) is 6.33. The molecule has 0 spiro atoms. The summed E-state index contributed by atoms with van der Waals surface area (Å²) in [6.45, 7) is 2.00. The number of carbonyl (C=O) groups excluding carboxylic acids is 1. The van der Waals surface area contributed by atoms with Gasteiger partial charge in [0.15, 0.2) is 6.29 Å². The molecule has 0 unspecified atom stereocenters. The van der Waals surface area contributed by atoms with Crippen LogP contribution in [0.5, 0.6) is 0 Å². The molecule has 0 bridgehead atoms. The first-order valence-corrected chi connectivity index (χ1v) is 5.75. The van der Waals surface area contributed by atoms with Gasteiger partial charge in [0.25, 0.3) is 0 Å². The zero-order valence-corrected chi connectivity index (χ0v) is 9.90. The van der Waals surface area contributed by atoms with E-state index >= 15 is 0 Å². The van der Waals surface area contributed by atoms with Crippen molar-refractivity contribution in [2.45, 2.75) is 6.42 Å². The van der Waals surface area contributed by atoms with E-state index in [1.807, 2.05) is 18.2 Å². The molecule has 0 N–H and O–H groups in total. The molecule has 1 aliphatic heterocycles. The molecular formula is C12H12BrNO. The fraction of sp³-hybridized carbons (Fsp3) is 0.250. The summed E-state index contributed by atoms with van der Waals surface area (Å²) in [5.41, 5.74) is 1.86. The highest BCUT2D eigenvalue weighted by atomic mass is 79.9. The zero-order chi connectivity index (χ0) is 10.7. The highest BCUT2D eigenvalue weighted by molar-refractivity contribution is 9.10. The number of anilines is 1. The minimum Gasteiger partial charge on any atom is -0.367 e. The van der Waals surface area contributed by atoms with Gasteiger partial charge in [0.05, 0.1) is 0 Å². The third-order valence-corrected chi connectivity index (χ3v) is 3.22. The molecule has 0 saturated heterocycles. The molecule has 0 aliphatic carbocycles. The predicted octanol–water partition coefficient (Wildman–Crippen LogP) is 3.03. The molecule has 78 valence electrons. The first-order chi connectivity index (χ1) is 7.31. The number of halogens is 1. The molecule has 1 aliphatic rings. The molecule has 0 atom stereocenters. The quantitative estimate of drug-likeness (QED) is 0.605. The van der Waals surface area contributed by atoms with Crippen LogP contribution in [-0.2, 0) is 0 Å². The van der Waals surface area contributed by atoms with Gasteiger partial charge >= 0.3 is 0 Å². The van der Waals surface area contributed by atoms with Crippen molar-refractivity contribution in [1.29, 1.82) is 0 Å². The van der Waals surface area contributed by atoms with E-state index in [0.29, 0.717) is 5.56 Å². The molecule has 1 heterocycles. The van der Waals surface area contributed by atoms with E-state index in [-0.39, 0.29) is 0 Å². The normalized spacial score (nSPS) is 15.4. The smallest absolute Gasteiger partial charge is 0.151 e. The summed E-state index contributed by atoms with van der Waals surface area (Å²) in [7, 11) is 0. The molecule has 2 rings (SSSR count). The molecular weight excluding hydrogens is 254 g/mol. The van der Waals surface area contributed by atoms with Gasteiger partial charge in [0, 0.05) is 28.8 Å². The van der Waals surface area contributed by atoms with Gasteiger partial charge in [-0.15, -0.1) is 0 Å². The summed E-state index contributed by atoms with van der Waals surface area (Å²) in [4.78, 5) is 13.0. The summed E-state index contributed by atoms with van der Waals surface area (Å²) < 4.78 is 0.865. The van der Waals surface area contributed by atoms with Crippen LogP contribution in [0, 0.1) is 0 Å². The maximum atomic E-state index is 10.7. The van der Waals surface area contributed by atoms with Crippen LogP contribution in [0.25, 0.3) is 0 Å². The third kappa shape index (κ3) is 2.29. The Hall–Kier alpha value is -1.09. The lowest BCUT2D eigenvalue weighted by Gasteiger charge is -2.25. The third-order valence-electron chi connectivity index (χ3n) is 2.53. The van der Waals surface area contributed by atoms with Crippen molar-refractivity contribution in [2.75, 3.05) is 18.0 Å². The molecule has 15 heavy (non-hydrogen) atoms. The second kappa shape index (κ2) is 4.62. The number of hydrogen-bond donors (Lipinski definition) is 0. The Morgan fingerprint density at radius 1 is 1.33 bits per heavy atom. The van der Waals surface area contributed by atoms with Crippen molar-refractivity contribution >= 4 is 27.9 Å². The van der Waals surface area contributed by atoms with Crippen LogP contribution < -0.4 is 4.90 Å². The van der Waals surface area contributed by atoms with Crippen LogP contribution in [0.2, 0.25) is 0 Å². The van der Waals surface area contributed by atoms with Crippen LogP contribution >= 0.6 is 15.9 Å². The van der Waals surface area contributed by atoms with Crippen molar-refractivity contribution in [1.82, 2.24) is 0 Å². The van der Waals surface area contributed by atoms with E-state index in [1.165, 1.54) is 0 Å². The van der Waals surface area contributed by atoms with Gasteiger partial charge in [-0.05, 0) is 40.5 Å². The van der Waals surface area contributed by atoms with Gasteiger partial charge in [-0.3, -0.25) is 4.79 Å². The van der Waals surface area contributed by atoms with Gasteiger partial charge in [0.1, 0.15) is 0 Å². The first kappa shape index (κ1) is 10.4. The minimum absolute atomic E-state index is 0.700. The number of benzene rings is 1. The van der Waals surface area contributed by atoms with E-state index in [4.69, 9.17) is 0 Å². The second-order valence-electron chi connectivity index (χ2n) is 3.53. The zero-order valence-electron chi connectivity index (χ0n) is 8.32. The fourth-order valence-electron chi connectivity index (χ4n) is 1.68. The van der Waals surface area contributed by atoms with Gasteiger partial charge in [0.2, 0.25) is 0 Å². The van der Waals surface area contributed by atoms with E-state index < -0.39 is 0 Å². The summed E-state index contributed by atoms with van der Waals surface area (Å²) in [5, 5.41) is 0. The van der Waals surface area contributed by atoms with Gasteiger partial charge in [-0.2, -0.15) is 0 Å². The van der Waals surface area contributed by atoms with Crippen molar-refractivity contribution in [2.24, 2.45) is 0 Å². The molecule has 1 aromatic rings. The number of aldehydes is 1. The van der Waals surface area contributed by atoms with Crippen molar-refractivity contribution < 1.29 is 4.79 Å². The maximum Gasteiger partial charge on any atom is 0.151 e. The van der Waals surface area contributed by atoms with Crippen molar-refractivity contribution in [3.63, 3.8) is 0 Å². The summed E-state index contributed by atoms with van der Waals surface area (Å²) >= 11 is 3.40. The van der Waals surface area contributed by atoms with E-state index in [0.717, 1.165) is 36.0 Å². The number of carbonyl (C=O) groups is 1. The summed E-state index contributed by atoms with van der Waals surface area (Å²) in [5.74, 6) is 0. The predicted molar refractivity (Wildman–Crippen MR) is 65.5 cm³/mol. The van der Waals surface area contributed by atoms with Crippen LogP contribution in [0.15, 0.2) is 34.8 Å². The summed E-state index contributed by atoms with van der Waals surface area (Å²) in [6, 6.07) is 5.85. The molecule has 2 nitrogen and oxygen atoms in total. The SMILES string of the molecule is O=Cc1ccc(N2CC=CCC2)cc1Br. The average molecular weight is 266 g/mol. The van der Waals surface area contributed by atoms with Crippen LogP contribution in [0.3, 0.4) is 0 Å². The van der Waals surface area contributed by atoms with E-state index in [9.17, 15) is 4.79 Å². The Morgan fingerprint density at radius 3 is 2.80 bits per heavy atom. The molecule has 0 radical (unpaired) electrons. The highest BCUT2D eigenvalue weighted by Gasteiger charge is 2.08. The van der Waals surface area contributed by atoms with Gasteiger partial charge in [-0.1, -0.05) is 12.2 Å². The lowest BCUT2D eigenvalue weighted by Crippen LogP contribution is -2.26. The van der Waals surface area contributed by atoms with Crippen LogP contribution in [-0.4, -0.2) is 19.4 Å². The van der Waals surface area contributed by atoms with Crippen molar-refractivity contribution in [3.8, 4) is 0 Å². The number of nitrogens with zero attached hydrogens (tertiary/aromatic N) is 1. The van der Waals surface area contributed by atoms with E-state index in [1.54, 1.807) is 0 Å². The standard InChI is InChI=1S/C12H12BrNO/c13-12-8-11(5-4-10(12)9-15)14-6-2-1-3-7-14/h1-2,4-5,8-9H,3,6-7H2. The maximum absolute atomic E-state index is 10.7. The molecule has 3 heteroatoms. The van der Waals surface area contributed by atoms with Gasteiger partial charge in [-0.25, -0.2) is 0 Å². The monoisotopic (exact) mass is 265 g/mol. The second-order valence-corrected chi connectivity index (χ2v) is 4.38. The largest absolute Gasteiger partial charge is 0.367 e.